The highest BCUT2D eigenvalue weighted by molar-refractivity contribution is 7.15. The summed E-state index contributed by atoms with van der Waals surface area (Å²) >= 11 is 1.32. The van der Waals surface area contributed by atoms with Crippen molar-refractivity contribution in [1.82, 2.24) is 14.6 Å². The first-order valence-corrected chi connectivity index (χ1v) is 11.5. The highest BCUT2D eigenvalue weighted by Gasteiger charge is 2.09. The zero-order valence-electron chi connectivity index (χ0n) is 18.4. The number of nitrogens with zero attached hydrogens (tertiary/aromatic N) is 3. The van der Waals surface area contributed by atoms with Gasteiger partial charge >= 0.3 is 0 Å². The minimum absolute atomic E-state index is 0.180. The third-order valence-corrected chi connectivity index (χ3v) is 6.12. The van der Waals surface area contributed by atoms with Gasteiger partial charge in [-0.15, -0.1) is 5.10 Å². The standard InChI is InChI=1S/C27H21N3O3S/c1-32-22-12-7-19(8-13-22)11-16-25-28-27-30(29-25)26(31)24(34-27)17-20-9-14-23(15-10-20)33-18-21-5-3-2-4-6-21/h2-17H,18H2,1H3/b16-11+,24-17+. The van der Waals surface area contributed by atoms with Crippen LogP contribution in [0.5, 0.6) is 11.5 Å². The van der Waals surface area contributed by atoms with E-state index in [1.54, 1.807) is 13.2 Å². The van der Waals surface area contributed by atoms with Gasteiger partial charge in [0.1, 0.15) is 18.1 Å². The van der Waals surface area contributed by atoms with Gasteiger partial charge < -0.3 is 9.47 Å². The van der Waals surface area contributed by atoms with Gasteiger partial charge in [-0.2, -0.15) is 9.50 Å². The molecule has 5 rings (SSSR count). The molecule has 0 aliphatic carbocycles. The first-order chi connectivity index (χ1) is 16.7. The molecule has 0 N–H and O–H groups in total. The van der Waals surface area contributed by atoms with Gasteiger partial charge in [0, 0.05) is 0 Å². The van der Waals surface area contributed by atoms with Crippen LogP contribution < -0.4 is 19.6 Å². The zero-order chi connectivity index (χ0) is 23.3. The topological polar surface area (TPSA) is 65.7 Å². The summed E-state index contributed by atoms with van der Waals surface area (Å²) in [6.45, 7) is 0.512. The Morgan fingerprint density at radius 1 is 0.882 bits per heavy atom. The molecule has 7 heteroatoms. The summed E-state index contributed by atoms with van der Waals surface area (Å²) in [5, 5.41) is 4.34. The minimum atomic E-state index is -0.180. The first kappa shape index (κ1) is 21.6. The number of fused-ring (bicyclic) bond motifs is 1. The van der Waals surface area contributed by atoms with E-state index in [1.165, 1.54) is 15.9 Å². The van der Waals surface area contributed by atoms with Gasteiger partial charge in [-0.3, -0.25) is 4.79 Å². The molecule has 0 unspecified atom stereocenters. The molecule has 3 aromatic carbocycles. The lowest BCUT2D eigenvalue weighted by Gasteiger charge is -2.06. The van der Waals surface area contributed by atoms with Crippen molar-refractivity contribution in [2.45, 2.75) is 6.61 Å². The van der Waals surface area contributed by atoms with Crippen LogP contribution >= 0.6 is 11.3 Å². The molecule has 0 fully saturated rings. The first-order valence-electron chi connectivity index (χ1n) is 10.7. The van der Waals surface area contributed by atoms with Gasteiger partial charge in [-0.25, -0.2) is 0 Å². The summed E-state index contributed by atoms with van der Waals surface area (Å²) in [4.78, 5) is 17.8. The molecule has 0 aliphatic heterocycles. The lowest BCUT2D eigenvalue weighted by Crippen LogP contribution is -2.23. The van der Waals surface area contributed by atoms with Crippen molar-refractivity contribution in [3.05, 3.63) is 116 Å². The molecular formula is C27H21N3O3S. The maximum Gasteiger partial charge on any atom is 0.291 e. The van der Waals surface area contributed by atoms with E-state index < -0.39 is 0 Å². The van der Waals surface area contributed by atoms with Crippen molar-refractivity contribution < 1.29 is 9.47 Å². The van der Waals surface area contributed by atoms with E-state index in [2.05, 4.69) is 10.1 Å². The lowest BCUT2D eigenvalue weighted by molar-refractivity contribution is 0.306. The minimum Gasteiger partial charge on any atom is -0.497 e. The summed E-state index contributed by atoms with van der Waals surface area (Å²) < 4.78 is 12.9. The molecule has 34 heavy (non-hydrogen) atoms. The number of hydrogen-bond donors (Lipinski definition) is 0. The summed E-state index contributed by atoms with van der Waals surface area (Å²) in [7, 11) is 1.63. The van der Waals surface area contributed by atoms with Gasteiger partial charge in [-0.05, 0) is 53.1 Å². The maximum absolute atomic E-state index is 12.8. The Labute approximate surface area is 200 Å². The molecule has 0 saturated carbocycles. The molecule has 0 atom stereocenters. The highest BCUT2D eigenvalue weighted by Crippen LogP contribution is 2.16. The van der Waals surface area contributed by atoms with Crippen LogP contribution in [-0.4, -0.2) is 21.7 Å². The third kappa shape index (κ3) is 4.89. The summed E-state index contributed by atoms with van der Waals surface area (Å²) in [6, 6.07) is 25.3. The van der Waals surface area contributed by atoms with E-state index in [1.807, 2.05) is 91.0 Å². The van der Waals surface area contributed by atoms with E-state index in [-0.39, 0.29) is 5.56 Å². The number of hydrogen-bond acceptors (Lipinski definition) is 6. The molecular weight excluding hydrogens is 446 g/mol. The Kier molecular flexibility index (Phi) is 6.18. The van der Waals surface area contributed by atoms with Crippen molar-refractivity contribution in [1.29, 1.82) is 0 Å². The predicted octanol–water partition coefficient (Wildman–Crippen LogP) is 4.46. The summed E-state index contributed by atoms with van der Waals surface area (Å²) in [5.74, 6) is 2.07. The van der Waals surface area contributed by atoms with E-state index >= 15 is 0 Å². The Bertz CT molecular complexity index is 1540. The monoisotopic (exact) mass is 467 g/mol. The molecule has 0 saturated heterocycles. The van der Waals surface area contributed by atoms with Crippen molar-refractivity contribution >= 4 is 34.5 Å². The molecule has 5 aromatic rings. The third-order valence-electron chi connectivity index (χ3n) is 5.17. The van der Waals surface area contributed by atoms with E-state index in [4.69, 9.17) is 9.47 Å². The highest BCUT2D eigenvalue weighted by atomic mass is 32.1. The number of benzene rings is 3. The predicted molar refractivity (Wildman–Crippen MR) is 135 cm³/mol. The van der Waals surface area contributed by atoms with Gasteiger partial charge in [0.2, 0.25) is 4.96 Å². The maximum atomic E-state index is 12.8. The van der Waals surface area contributed by atoms with Crippen molar-refractivity contribution in [2.75, 3.05) is 7.11 Å². The number of ether oxygens (including phenoxy) is 2. The molecule has 2 aromatic heterocycles. The zero-order valence-corrected chi connectivity index (χ0v) is 19.2. The second-order valence-corrected chi connectivity index (χ2v) is 8.54. The quantitative estimate of drug-likeness (QED) is 0.354. The Morgan fingerprint density at radius 2 is 1.59 bits per heavy atom. The van der Waals surface area contributed by atoms with Crippen molar-refractivity contribution in [2.24, 2.45) is 0 Å². The van der Waals surface area contributed by atoms with Crippen LogP contribution in [0, 0.1) is 0 Å². The second-order valence-electron chi connectivity index (χ2n) is 7.53. The molecule has 6 nitrogen and oxygen atoms in total. The van der Waals surface area contributed by atoms with Crippen LogP contribution in [0.4, 0.5) is 0 Å². The molecule has 0 spiro atoms. The van der Waals surface area contributed by atoms with Gasteiger partial charge in [-0.1, -0.05) is 72.0 Å². The molecule has 168 valence electrons. The number of rotatable bonds is 7. The van der Waals surface area contributed by atoms with Crippen molar-refractivity contribution in [3.8, 4) is 11.5 Å². The van der Waals surface area contributed by atoms with Crippen LogP contribution in [0.3, 0.4) is 0 Å². The van der Waals surface area contributed by atoms with Crippen LogP contribution in [-0.2, 0) is 6.61 Å². The Morgan fingerprint density at radius 3 is 2.29 bits per heavy atom. The van der Waals surface area contributed by atoms with Crippen LogP contribution in [0.25, 0.3) is 23.2 Å². The van der Waals surface area contributed by atoms with Gasteiger partial charge in [0.25, 0.3) is 5.56 Å². The average Bonchev–Trinajstić information content (AvgIpc) is 3.41. The van der Waals surface area contributed by atoms with Crippen LogP contribution in [0.2, 0.25) is 0 Å². The number of aromatic nitrogens is 3. The number of thiazole rings is 1. The SMILES string of the molecule is COc1ccc(/C=C/c2nc3s/c(=C/c4ccc(OCc5ccccc5)cc4)c(=O)n3n2)cc1. The number of methoxy groups -OCH3 is 1. The molecule has 2 heterocycles. The summed E-state index contributed by atoms with van der Waals surface area (Å²) in [6.07, 6.45) is 5.54. The fraction of sp³-hybridized carbons (Fsp3) is 0.0741. The van der Waals surface area contributed by atoms with E-state index in [0.29, 0.717) is 21.9 Å². The Balaban J connectivity index is 1.30. The van der Waals surface area contributed by atoms with E-state index in [0.717, 1.165) is 28.2 Å². The molecule has 0 amide bonds. The van der Waals surface area contributed by atoms with Crippen LogP contribution in [0.15, 0.2) is 83.7 Å². The second kappa shape index (κ2) is 9.72. The van der Waals surface area contributed by atoms with Crippen LogP contribution in [0.1, 0.15) is 22.5 Å². The fourth-order valence-corrected chi connectivity index (χ4v) is 4.27. The largest absolute Gasteiger partial charge is 0.497 e. The lowest BCUT2D eigenvalue weighted by atomic mass is 10.2. The van der Waals surface area contributed by atoms with Gasteiger partial charge in [0.15, 0.2) is 5.82 Å². The molecule has 0 aliphatic rings. The average molecular weight is 468 g/mol. The van der Waals surface area contributed by atoms with Gasteiger partial charge in [0.05, 0.1) is 11.6 Å². The molecule has 0 radical (unpaired) electrons. The normalized spacial score (nSPS) is 12.0. The van der Waals surface area contributed by atoms with E-state index in [9.17, 15) is 4.79 Å². The smallest absolute Gasteiger partial charge is 0.291 e. The molecule has 0 bridgehead atoms. The summed E-state index contributed by atoms with van der Waals surface area (Å²) in [5.41, 5.74) is 2.84. The van der Waals surface area contributed by atoms with Crippen molar-refractivity contribution in [3.63, 3.8) is 0 Å². The fourth-order valence-electron chi connectivity index (χ4n) is 3.36. The Hall–Kier alpha value is -4.23.